The largest absolute Gasteiger partial charge is 0.504 e. The number of hydrogen-bond donors (Lipinski definition) is 3. The van der Waals surface area contributed by atoms with Crippen molar-refractivity contribution in [3.8, 4) is 11.5 Å². The van der Waals surface area contributed by atoms with Gasteiger partial charge in [0.1, 0.15) is 17.7 Å². The molecule has 3 aliphatic carbocycles. The van der Waals surface area contributed by atoms with E-state index in [-0.39, 0.29) is 17.7 Å². The Balaban J connectivity index is 1.65. The maximum absolute atomic E-state index is 12.0. The minimum atomic E-state index is -0.893. The van der Waals surface area contributed by atoms with E-state index in [2.05, 4.69) is 14.0 Å². The SMILES string of the molecule is CC[N+](C)(CC1CC1)[C@@H]1Cc2ccc(O)c3c2C2[C@@H](O3)C(O)CC[C@]21O. The summed E-state index contributed by atoms with van der Waals surface area (Å²) in [6, 6.07) is 3.79. The van der Waals surface area contributed by atoms with Crippen molar-refractivity contribution in [1.82, 2.24) is 0 Å². The van der Waals surface area contributed by atoms with Gasteiger partial charge in [0.15, 0.2) is 11.5 Å². The molecule has 2 saturated carbocycles. The van der Waals surface area contributed by atoms with Crippen LogP contribution < -0.4 is 4.74 Å². The summed E-state index contributed by atoms with van der Waals surface area (Å²) in [6.45, 7) is 4.33. The summed E-state index contributed by atoms with van der Waals surface area (Å²) in [5, 5.41) is 32.9. The van der Waals surface area contributed by atoms with E-state index in [0.717, 1.165) is 35.5 Å². The van der Waals surface area contributed by atoms with Gasteiger partial charge in [-0.1, -0.05) is 6.07 Å². The van der Waals surface area contributed by atoms with Crippen LogP contribution >= 0.6 is 0 Å². The molecule has 5 heteroatoms. The standard InChI is InChI=1S/C21H29NO4/c1-3-22(2,11-12-4-5-12)16-10-13-6-7-14(23)19-17(13)18-20(26-19)15(24)8-9-21(16,18)25/h6-7,12,15-16,18,20,24-25H,3-5,8-11H2,1-2H3/p+1/t15?,16-,18?,20+,21-,22?/m1/s1. The molecule has 6 atom stereocenters. The predicted molar refractivity (Wildman–Crippen MR) is 97.3 cm³/mol. The Morgan fingerprint density at radius 2 is 2.04 bits per heavy atom. The van der Waals surface area contributed by atoms with Crippen LogP contribution in [-0.4, -0.2) is 63.8 Å². The number of aromatic hydroxyl groups is 1. The van der Waals surface area contributed by atoms with Crippen LogP contribution in [0.4, 0.5) is 0 Å². The van der Waals surface area contributed by atoms with E-state index in [4.69, 9.17) is 4.74 Å². The monoisotopic (exact) mass is 360 g/mol. The minimum Gasteiger partial charge on any atom is -0.504 e. The molecule has 0 amide bonds. The number of nitrogens with zero attached hydrogens (tertiary/aromatic N) is 1. The first-order valence-corrected chi connectivity index (χ1v) is 10.1. The van der Waals surface area contributed by atoms with Gasteiger partial charge in [0.2, 0.25) is 0 Å². The first-order chi connectivity index (χ1) is 12.4. The Morgan fingerprint density at radius 1 is 1.27 bits per heavy atom. The van der Waals surface area contributed by atoms with Crippen LogP contribution in [0, 0.1) is 5.92 Å². The lowest BCUT2D eigenvalue weighted by atomic mass is 9.60. The highest BCUT2D eigenvalue weighted by Crippen LogP contribution is 2.59. The average molecular weight is 360 g/mol. The van der Waals surface area contributed by atoms with Crippen molar-refractivity contribution in [2.45, 2.75) is 68.8 Å². The second kappa shape index (κ2) is 5.37. The molecule has 0 radical (unpaired) electrons. The van der Waals surface area contributed by atoms with Crippen molar-refractivity contribution in [1.29, 1.82) is 0 Å². The van der Waals surface area contributed by atoms with E-state index in [0.29, 0.717) is 18.6 Å². The maximum Gasteiger partial charge on any atom is 0.165 e. The fourth-order valence-corrected chi connectivity index (χ4v) is 6.06. The summed E-state index contributed by atoms with van der Waals surface area (Å²) in [4.78, 5) is 0. The topological polar surface area (TPSA) is 69.9 Å². The highest BCUT2D eigenvalue weighted by atomic mass is 16.5. The van der Waals surface area contributed by atoms with Crippen molar-refractivity contribution in [3.05, 3.63) is 23.3 Å². The molecule has 3 unspecified atom stereocenters. The number of phenolic OH excluding ortho intramolecular Hbond substituents is 1. The first-order valence-electron chi connectivity index (χ1n) is 10.1. The Bertz CT molecular complexity index is 748. The first kappa shape index (κ1) is 16.8. The van der Waals surface area contributed by atoms with Gasteiger partial charge in [0, 0.05) is 17.9 Å². The summed E-state index contributed by atoms with van der Waals surface area (Å²) >= 11 is 0. The summed E-state index contributed by atoms with van der Waals surface area (Å²) in [6.07, 6.45) is 3.51. The molecule has 0 saturated heterocycles. The van der Waals surface area contributed by atoms with Crippen molar-refractivity contribution >= 4 is 0 Å². The van der Waals surface area contributed by atoms with Gasteiger partial charge >= 0.3 is 0 Å². The minimum absolute atomic E-state index is 0.0969. The molecular weight excluding hydrogens is 330 g/mol. The van der Waals surface area contributed by atoms with Gasteiger partial charge < -0.3 is 24.5 Å². The third kappa shape index (κ3) is 2.14. The number of quaternary nitrogens is 1. The summed E-state index contributed by atoms with van der Waals surface area (Å²) in [7, 11) is 2.29. The molecule has 2 fully saturated rings. The summed E-state index contributed by atoms with van der Waals surface area (Å²) in [5.41, 5.74) is 1.22. The van der Waals surface area contributed by atoms with Crippen LogP contribution in [0.15, 0.2) is 12.1 Å². The van der Waals surface area contributed by atoms with Crippen LogP contribution in [0.25, 0.3) is 0 Å². The Kier molecular flexibility index (Phi) is 3.48. The van der Waals surface area contributed by atoms with Gasteiger partial charge in [0.05, 0.1) is 32.2 Å². The molecule has 1 aliphatic heterocycles. The number of rotatable bonds is 4. The molecular formula is C21H30NO4+. The zero-order valence-corrected chi connectivity index (χ0v) is 15.7. The highest BCUT2D eigenvalue weighted by molar-refractivity contribution is 5.58. The zero-order valence-electron chi connectivity index (χ0n) is 15.7. The normalized spacial score (nSPS) is 39.8. The molecule has 3 N–H and O–H groups in total. The molecule has 0 aromatic heterocycles. The van der Waals surface area contributed by atoms with Crippen LogP contribution in [0.2, 0.25) is 0 Å². The maximum atomic E-state index is 12.0. The molecule has 5 rings (SSSR count). The number of ether oxygens (including phenoxy) is 1. The van der Waals surface area contributed by atoms with Gasteiger partial charge in [0.25, 0.3) is 0 Å². The number of aliphatic hydroxyl groups is 2. The third-order valence-electron chi connectivity index (χ3n) is 7.75. The van der Waals surface area contributed by atoms with E-state index < -0.39 is 17.8 Å². The summed E-state index contributed by atoms with van der Waals surface area (Å²) in [5.74, 6) is 1.15. The number of hydrogen-bond acceptors (Lipinski definition) is 4. The fourth-order valence-electron chi connectivity index (χ4n) is 6.06. The van der Waals surface area contributed by atoms with E-state index in [1.807, 2.05) is 6.07 Å². The summed E-state index contributed by atoms with van der Waals surface area (Å²) < 4.78 is 6.90. The number of phenols is 1. The number of likely N-dealkylation sites (N-methyl/N-ethyl adjacent to an activating group) is 1. The Labute approximate surface area is 154 Å². The number of benzene rings is 1. The lowest BCUT2D eigenvalue weighted by molar-refractivity contribution is -0.941. The average Bonchev–Trinajstić information content (AvgIpc) is 3.32. The second-order valence-electron chi connectivity index (χ2n) is 9.29. The Hall–Kier alpha value is -1.30. The lowest BCUT2D eigenvalue weighted by Gasteiger charge is -2.55. The van der Waals surface area contributed by atoms with Crippen LogP contribution in [-0.2, 0) is 6.42 Å². The van der Waals surface area contributed by atoms with Crippen molar-refractivity contribution < 1.29 is 24.5 Å². The van der Waals surface area contributed by atoms with Gasteiger partial charge in [-0.15, -0.1) is 0 Å². The molecule has 1 aromatic carbocycles. The quantitative estimate of drug-likeness (QED) is 0.718. The van der Waals surface area contributed by atoms with Gasteiger partial charge in [-0.25, -0.2) is 0 Å². The zero-order chi connectivity index (χ0) is 18.3. The fraction of sp³-hybridized carbons (Fsp3) is 0.714. The number of aliphatic hydroxyl groups excluding tert-OH is 1. The van der Waals surface area contributed by atoms with E-state index in [1.54, 1.807) is 6.07 Å². The van der Waals surface area contributed by atoms with Gasteiger partial charge in [-0.05, 0) is 44.2 Å². The van der Waals surface area contributed by atoms with Crippen molar-refractivity contribution in [3.63, 3.8) is 0 Å². The molecule has 1 heterocycles. The third-order valence-corrected chi connectivity index (χ3v) is 7.75. The Morgan fingerprint density at radius 3 is 2.73 bits per heavy atom. The van der Waals surface area contributed by atoms with Gasteiger partial charge in [-0.2, -0.15) is 0 Å². The van der Waals surface area contributed by atoms with E-state index >= 15 is 0 Å². The van der Waals surface area contributed by atoms with E-state index in [9.17, 15) is 15.3 Å². The van der Waals surface area contributed by atoms with Crippen molar-refractivity contribution in [2.24, 2.45) is 5.92 Å². The molecule has 142 valence electrons. The van der Waals surface area contributed by atoms with Gasteiger partial charge in [-0.3, -0.25) is 0 Å². The molecule has 26 heavy (non-hydrogen) atoms. The molecule has 5 nitrogen and oxygen atoms in total. The lowest BCUT2D eigenvalue weighted by Crippen LogP contribution is -2.70. The molecule has 0 spiro atoms. The predicted octanol–water partition coefficient (Wildman–Crippen LogP) is 1.92. The van der Waals surface area contributed by atoms with Crippen LogP contribution in [0.1, 0.15) is 49.7 Å². The van der Waals surface area contributed by atoms with Crippen LogP contribution in [0.3, 0.4) is 0 Å². The highest BCUT2D eigenvalue weighted by Gasteiger charge is 2.65. The second-order valence-corrected chi connectivity index (χ2v) is 9.29. The molecule has 0 bridgehead atoms. The molecule has 1 aromatic rings. The van der Waals surface area contributed by atoms with E-state index in [1.165, 1.54) is 18.4 Å². The van der Waals surface area contributed by atoms with Crippen molar-refractivity contribution in [2.75, 3.05) is 20.1 Å². The van der Waals surface area contributed by atoms with Crippen LogP contribution in [0.5, 0.6) is 11.5 Å². The molecule has 4 aliphatic rings. The smallest absolute Gasteiger partial charge is 0.165 e.